The minimum atomic E-state index is 0.294. The van der Waals surface area contributed by atoms with Crippen molar-refractivity contribution in [2.24, 2.45) is 0 Å². The van der Waals surface area contributed by atoms with Gasteiger partial charge in [-0.1, -0.05) is 32.0 Å². The molecule has 0 fully saturated rings. The topological polar surface area (TPSA) is 30.7 Å². The molecule has 0 bridgehead atoms. The largest absolute Gasteiger partial charge is 0.243 e. The molecule has 0 amide bonds. The summed E-state index contributed by atoms with van der Waals surface area (Å²) in [7, 11) is 0. The zero-order chi connectivity index (χ0) is 10.8. The standard InChI is InChI=1S/C11H12ClN3/c1-8(2)10-13-11(12)14-15(10)9-6-4-3-5-7-9/h3-8H,1-2H3. The number of hydrogen-bond donors (Lipinski definition) is 0. The van der Waals surface area contributed by atoms with E-state index in [-0.39, 0.29) is 0 Å². The summed E-state index contributed by atoms with van der Waals surface area (Å²) >= 11 is 5.82. The van der Waals surface area contributed by atoms with Crippen LogP contribution >= 0.6 is 11.6 Å². The maximum Gasteiger partial charge on any atom is 0.243 e. The molecule has 78 valence electrons. The SMILES string of the molecule is CC(C)c1nc(Cl)nn1-c1ccccc1. The van der Waals surface area contributed by atoms with Gasteiger partial charge in [-0.3, -0.25) is 0 Å². The number of para-hydroxylation sites is 1. The Kier molecular flexibility index (Phi) is 2.73. The lowest BCUT2D eigenvalue weighted by Crippen LogP contribution is -2.04. The fourth-order valence-electron chi connectivity index (χ4n) is 1.43. The summed E-state index contributed by atoms with van der Waals surface area (Å²) in [5.74, 6) is 1.18. The third-order valence-corrected chi connectivity index (χ3v) is 2.28. The maximum atomic E-state index is 5.82. The van der Waals surface area contributed by atoms with Gasteiger partial charge in [0.15, 0.2) is 0 Å². The summed E-state index contributed by atoms with van der Waals surface area (Å²) in [6, 6.07) is 9.87. The number of benzene rings is 1. The van der Waals surface area contributed by atoms with Gasteiger partial charge in [0.05, 0.1) is 5.69 Å². The van der Waals surface area contributed by atoms with Crippen molar-refractivity contribution >= 4 is 11.6 Å². The van der Waals surface area contributed by atoms with Gasteiger partial charge in [0.25, 0.3) is 0 Å². The molecule has 0 aliphatic heterocycles. The predicted octanol–water partition coefficient (Wildman–Crippen LogP) is 3.04. The van der Waals surface area contributed by atoms with Gasteiger partial charge in [-0.15, -0.1) is 5.10 Å². The molecule has 0 unspecified atom stereocenters. The minimum Gasteiger partial charge on any atom is -0.216 e. The second-order valence-electron chi connectivity index (χ2n) is 3.64. The second-order valence-corrected chi connectivity index (χ2v) is 3.98. The maximum absolute atomic E-state index is 5.82. The lowest BCUT2D eigenvalue weighted by Gasteiger charge is -2.07. The summed E-state index contributed by atoms with van der Waals surface area (Å²) in [6.07, 6.45) is 0. The highest BCUT2D eigenvalue weighted by atomic mass is 35.5. The van der Waals surface area contributed by atoms with Crippen LogP contribution in [0.15, 0.2) is 30.3 Å². The Balaban J connectivity index is 2.53. The Morgan fingerprint density at radius 2 is 1.87 bits per heavy atom. The molecule has 0 atom stereocenters. The number of nitrogens with zero attached hydrogens (tertiary/aromatic N) is 3. The van der Waals surface area contributed by atoms with Gasteiger partial charge < -0.3 is 0 Å². The Bertz CT molecular complexity index is 448. The molecule has 1 aromatic carbocycles. The lowest BCUT2D eigenvalue weighted by atomic mass is 10.2. The highest BCUT2D eigenvalue weighted by Crippen LogP contribution is 2.18. The zero-order valence-corrected chi connectivity index (χ0v) is 9.44. The quantitative estimate of drug-likeness (QED) is 0.781. The van der Waals surface area contributed by atoms with E-state index in [4.69, 9.17) is 11.6 Å². The first kappa shape index (κ1) is 10.2. The van der Waals surface area contributed by atoms with Gasteiger partial charge in [-0.2, -0.15) is 0 Å². The van der Waals surface area contributed by atoms with E-state index in [1.54, 1.807) is 4.68 Å². The first-order chi connectivity index (χ1) is 7.18. The molecule has 0 aliphatic carbocycles. The third kappa shape index (κ3) is 2.02. The number of rotatable bonds is 2. The summed E-state index contributed by atoms with van der Waals surface area (Å²) in [4.78, 5) is 4.20. The molecule has 1 heterocycles. The van der Waals surface area contributed by atoms with Crippen molar-refractivity contribution < 1.29 is 0 Å². The molecule has 0 saturated carbocycles. The van der Waals surface area contributed by atoms with E-state index in [1.165, 1.54) is 0 Å². The van der Waals surface area contributed by atoms with Crippen LogP contribution in [0.3, 0.4) is 0 Å². The van der Waals surface area contributed by atoms with Crippen LogP contribution < -0.4 is 0 Å². The molecular formula is C11H12ClN3. The lowest BCUT2D eigenvalue weighted by molar-refractivity contribution is 0.714. The van der Waals surface area contributed by atoms with Crippen LogP contribution in [0.2, 0.25) is 5.28 Å². The fourth-order valence-corrected chi connectivity index (χ4v) is 1.59. The van der Waals surface area contributed by atoms with E-state index in [0.717, 1.165) is 11.5 Å². The average molecular weight is 222 g/mol. The molecule has 3 nitrogen and oxygen atoms in total. The van der Waals surface area contributed by atoms with E-state index in [2.05, 4.69) is 23.9 Å². The summed E-state index contributed by atoms with van der Waals surface area (Å²) in [5, 5.41) is 4.47. The van der Waals surface area contributed by atoms with Crippen LogP contribution in [0.5, 0.6) is 0 Å². The van der Waals surface area contributed by atoms with Gasteiger partial charge >= 0.3 is 0 Å². The molecule has 0 N–H and O–H groups in total. The van der Waals surface area contributed by atoms with Gasteiger partial charge in [-0.05, 0) is 23.7 Å². The Morgan fingerprint density at radius 1 is 1.20 bits per heavy atom. The van der Waals surface area contributed by atoms with Crippen LogP contribution in [0.1, 0.15) is 25.6 Å². The van der Waals surface area contributed by atoms with Crippen LogP contribution in [-0.4, -0.2) is 14.8 Å². The van der Waals surface area contributed by atoms with Crippen molar-refractivity contribution in [2.45, 2.75) is 19.8 Å². The van der Waals surface area contributed by atoms with E-state index in [9.17, 15) is 0 Å². The Hall–Kier alpha value is -1.35. The second kappa shape index (κ2) is 4.03. The molecule has 15 heavy (non-hydrogen) atoms. The van der Waals surface area contributed by atoms with Gasteiger partial charge in [0, 0.05) is 5.92 Å². The van der Waals surface area contributed by atoms with Crippen molar-refractivity contribution in [1.82, 2.24) is 14.8 Å². The van der Waals surface area contributed by atoms with E-state index < -0.39 is 0 Å². The van der Waals surface area contributed by atoms with Crippen molar-refractivity contribution in [1.29, 1.82) is 0 Å². The van der Waals surface area contributed by atoms with Gasteiger partial charge in [-0.25, -0.2) is 9.67 Å². The number of aromatic nitrogens is 3. The van der Waals surface area contributed by atoms with E-state index in [1.807, 2.05) is 30.3 Å². The first-order valence-corrected chi connectivity index (χ1v) is 5.24. The van der Waals surface area contributed by atoms with Gasteiger partial charge in [0.1, 0.15) is 5.82 Å². The summed E-state index contributed by atoms with van der Waals surface area (Å²) in [6.45, 7) is 4.14. The van der Waals surface area contributed by atoms with Crippen LogP contribution in [-0.2, 0) is 0 Å². The van der Waals surface area contributed by atoms with Crippen LogP contribution in [0.4, 0.5) is 0 Å². The fraction of sp³-hybridized carbons (Fsp3) is 0.273. The average Bonchev–Trinajstić information content (AvgIpc) is 2.62. The van der Waals surface area contributed by atoms with Crippen molar-refractivity contribution in [3.05, 3.63) is 41.4 Å². The number of hydrogen-bond acceptors (Lipinski definition) is 2. The van der Waals surface area contributed by atoms with Crippen molar-refractivity contribution in [3.63, 3.8) is 0 Å². The predicted molar refractivity (Wildman–Crippen MR) is 60.5 cm³/mol. The highest BCUT2D eigenvalue weighted by molar-refractivity contribution is 6.28. The molecule has 4 heteroatoms. The smallest absolute Gasteiger partial charge is 0.216 e. The Morgan fingerprint density at radius 3 is 2.47 bits per heavy atom. The molecule has 0 spiro atoms. The normalized spacial score (nSPS) is 10.9. The molecule has 2 aromatic rings. The summed E-state index contributed by atoms with van der Waals surface area (Å²) in [5.41, 5.74) is 0.987. The zero-order valence-electron chi connectivity index (χ0n) is 8.68. The summed E-state index contributed by atoms with van der Waals surface area (Å²) < 4.78 is 1.78. The minimum absolute atomic E-state index is 0.294. The van der Waals surface area contributed by atoms with Crippen molar-refractivity contribution in [2.75, 3.05) is 0 Å². The molecule has 0 radical (unpaired) electrons. The monoisotopic (exact) mass is 221 g/mol. The van der Waals surface area contributed by atoms with Crippen LogP contribution in [0.25, 0.3) is 5.69 Å². The molecule has 0 saturated heterocycles. The molecular weight excluding hydrogens is 210 g/mol. The third-order valence-electron chi connectivity index (χ3n) is 2.12. The van der Waals surface area contributed by atoms with E-state index in [0.29, 0.717) is 11.2 Å². The molecule has 2 rings (SSSR count). The van der Waals surface area contributed by atoms with Gasteiger partial charge in [0.2, 0.25) is 5.28 Å². The first-order valence-electron chi connectivity index (χ1n) is 4.86. The Labute approximate surface area is 93.7 Å². The van der Waals surface area contributed by atoms with Crippen molar-refractivity contribution in [3.8, 4) is 5.69 Å². The molecule has 1 aromatic heterocycles. The highest BCUT2D eigenvalue weighted by Gasteiger charge is 2.12. The number of halogens is 1. The van der Waals surface area contributed by atoms with Crippen LogP contribution in [0, 0.1) is 0 Å². The molecule has 0 aliphatic rings. The van der Waals surface area contributed by atoms with E-state index >= 15 is 0 Å².